The monoisotopic (exact) mass is 395 g/mol. The summed E-state index contributed by atoms with van der Waals surface area (Å²) in [7, 11) is 0. The highest BCUT2D eigenvalue weighted by atomic mass is 35.5. The SMILES string of the molecule is CCCOC1CCC(C)CC1.Cc1cc(NC2CCNCC2)c(N)cc1Cl. The van der Waals surface area contributed by atoms with E-state index in [1.807, 2.05) is 19.1 Å². The van der Waals surface area contributed by atoms with Gasteiger partial charge in [0.05, 0.1) is 17.5 Å². The average Bonchev–Trinajstić information content (AvgIpc) is 2.67. The summed E-state index contributed by atoms with van der Waals surface area (Å²) in [5, 5.41) is 7.57. The zero-order valence-corrected chi connectivity index (χ0v) is 18.1. The molecule has 0 aromatic heterocycles. The molecule has 1 aromatic carbocycles. The maximum atomic E-state index is 6.01. The zero-order valence-electron chi connectivity index (χ0n) is 17.3. The van der Waals surface area contributed by atoms with Gasteiger partial charge in [0.25, 0.3) is 0 Å². The molecule has 0 radical (unpaired) electrons. The summed E-state index contributed by atoms with van der Waals surface area (Å²) in [6.07, 6.45) is 9.35. The van der Waals surface area contributed by atoms with Gasteiger partial charge in [-0.15, -0.1) is 0 Å². The molecule has 0 amide bonds. The predicted octanol–water partition coefficient (Wildman–Crippen LogP) is 5.39. The summed E-state index contributed by atoms with van der Waals surface area (Å²) in [5.74, 6) is 0.941. The molecule has 4 nitrogen and oxygen atoms in total. The van der Waals surface area contributed by atoms with Crippen molar-refractivity contribution in [3.05, 3.63) is 22.7 Å². The van der Waals surface area contributed by atoms with Crippen LogP contribution in [-0.2, 0) is 4.74 Å². The molecule has 1 aromatic rings. The number of nitrogen functional groups attached to an aromatic ring is 1. The van der Waals surface area contributed by atoms with Crippen molar-refractivity contribution in [2.24, 2.45) is 5.92 Å². The predicted molar refractivity (Wildman–Crippen MR) is 118 cm³/mol. The van der Waals surface area contributed by atoms with Crippen LogP contribution in [0.5, 0.6) is 0 Å². The number of nitrogens with two attached hydrogens (primary N) is 1. The van der Waals surface area contributed by atoms with Crippen molar-refractivity contribution >= 4 is 23.0 Å². The Morgan fingerprint density at radius 2 is 1.81 bits per heavy atom. The van der Waals surface area contributed by atoms with Crippen LogP contribution in [-0.4, -0.2) is 31.8 Å². The van der Waals surface area contributed by atoms with Crippen LogP contribution in [0.3, 0.4) is 0 Å². The third kappa shape index (κ3) is 7.89. The van der Waals surface area contributed by atoms with E-state index in [1.54, 1.807) is 0 Å². The number of aryl methyl sites for hydroxylation is 1. The first kappa shape index (κ1) is 22.3. The Balaban J connectivity index is 0.000000208. The molecule has 154 valence electrons. The van der Waals surface area contributed by atoms with E-state index in [1.165, 1.54) is 25.7 Å². The van der Waals surface area contributed by atoms with Crippen LogP contribution in [0.25, 0.3) is 0 Å². The van der Waals surface area contributed by atoms with Crippen LogP contribution in [0.1, 0.15) is 64.4 Å². The number of ether oxygens (including phenoxy) is 1. The van der Waals surface area contributed by atoms with Gasteiger partial charge in [0.1, 0.15) is 0 Å². The number of anilines is 2. The molecule has 0 unspecified atom stereocenters. The molecule has 1 aliphatic heterocycles. The number of hydrogen-bond donors (Lipinski definition) is 3. The number of piperidine rings is 1. The second-order valence-corrected chi connectivity index (χ2v) is 8.52. The van der Waals surface area contributed by atoms with Gasteiger partial charge in [0, 0.05) is 17.7 Å². The number of nitrogens with one attached hydrogen (secondary N) is 2. The third-order valence-corrected chi connectivity index (χ3v) is 5.96. The molecule has 27 heavy (non-hydrogen) atoms. The lowest BCUT2D eigenvalue weighted by molar-refractivity contribution is 0.0203. The Morgan fingerprint density at radius 3 is 2.44 bits per heavy atom. The van der Waals surface area contributed by atoms with Gasteiger partial charge in [-0.25, -0.2) is 0 Å². The van der Waals surface area contributed by atoms with Crippen LogP contribution >= 0.6 is 11.6 Å². The van der Waals surface area contributed by atoms with Gasteiger partial charge >= 0.3 is 0 Å². The molecule has 2 aliphatic rings. The first-order chi connectivity index (χ1) is 13.0. The summed E-state index contributed by atoms with van der Waals surface area (Å²) < 4.78 is 5.68. The van der Waals surface area contributed by atoms with Crippen molar-refractivity contribution in [3.8, 4) is 0 Å². The van der Waals surface area contributed by atoms with E-state index in [2.05, 4.69) is 24.5 Å². The lowest BCUT2D eigenvalue weighted by Crippen LogP contribution is -2.35. The average molecular weight is 396 g/mol. The van der Waals surface area contributed by atoms with Crippen molar-refractivity contribution in [3.63, 3.8) is 0 Å². The molecule has 0 atom stereocenters. The van der Waals surface area contributed by atoms with E-state index in [-0.39, 0.29) is 0 Å². The highest BCUT2D eigenvalue weighted by Crippen LogP contribution is 2.28. The molecular formula is C22H38ClN3O. The van der Waals surface area contributed by atoms with Crippen molar-refractivity contribution in [1.82, 2.24) is 5.32 Å². The second-order valence-electron chi connectivity index (χ2n) is 8.11. The van der Waals surface area contributed by atoms with Gasteiger partial charge in [-0.05, 0) is 88.6 Å². The molecule has 1 aliphatic carbocycles. The van der Waals surface area contributed by atoms with E-state index in [0.717, 1.165) is 66.8 Å². The number of hydrogen-bond acceptors (Lipinski definition) is 4. The Labute approximate surface area is 170 Å². The normalized spacial score (nSPS) is 23.4. The highest BCUT2D eigenvalue weighted by Gasteiger charge is 2.17. The van der Waals surface area contributed by atoms with Gasteiger partial charge in [-0.2, -0.15) is 0 Å². The Hall–Kier alpha value is -0.970. The van der Waals surface area contributed by atoms with Gasteiger partial charge in [-0.1, -0.05) is 25.4 Å². The van der Waals surface area contributed by atoms with E-state index in [0.29, 0.717) is 12.1 Å². The van der Waals surface area contributed by atoms with Crippen molar-refractivity contribution in [1.29, 1.82) is 0 Å². The fourth-order valence-corrected chi connectivity index (χ4v) is 3.86. The third-order valence-electron chi connectivity index (χ3n) is 5.55. The maximum absolute atomic E-state index is 6.01. The van der Waals surface area contributed by atoms with Gasteiger partial charge < -0.3 is 21.1 Å². The van der Waals surface area contributed by atoms with Crippen molar-refractivity contribution in [2.45, 2.75) is 77.9 Å². The Kier molecular flexibility index (Phi) is 9.74. The minimum Gasteiger partial charge on any atom is -0.397 e. The van der Waals surface area contributed by atoms with Crippen molar-refractivity contribution < 1.29 is 4.74 Å². The summed E-state index contributed by atoms with van der Waals surface area (Å²) in [5.41, 5.74) is 8.75. The molecule has 0 spiro atoms. The fourth-order valence-electron chi connectivity index (χ4n) is 3.69. The topological polar surface area (TPSA) is 59.3 Å². The van der Waals surface area contributed by atoms with Crippen LogP contribution in [0.4, 0.5) is 11.4 Å². The quantitative estimate of drug-likeness (QED) is 0.585. The Bertz CT molecular complexity index is 550. The molecule has 1 saturated heterocycles. The van der Waals surface area contributed by atoms with Crippen LogP contribution < -0.4 is 16.4 Å². The molecule has 2 fully saturated rings. The number of rotatable bonds is 5. The summed E-state index contributed by atoms with van der Waals surface area (Å²) >= 11 is 6.01. The maximum Gasteiger partial charge on any atom is 0.0579 e. The number of benzene rings is 1. The molecule has 1 heterocycles. The molecule has 5 heteroatoms. The Morgan fingerprint density at radius 1 is 1.15 bits per heavy atom. The van der Waals surface area contributed by atoms with Crippen LogP contribution in [0, 0.1) is 12.8 Å². The first-order valence-corrected chi connectivity index (χ1v) is 11.0. The zero-order chi connectivity index (χ0) is 19.6. The summed E-state index contributed by atoms with van der Waals surface area (Å²) in [6.45, 7) is 9.62. The summed E-state index contributed by atoms with van der Waals surface area (Å²) in [4.78, 5) is 0. The molecule has 1 saturated carbocycles. The fraction of sp³-hybridized carbons (Fsp3) is 0.727. The van der Waals surface area contributed by atoms with E-state index in [4.69, 9.17) is 22.1 Å². The lowest BCUT2D eigenvalue weighted by atomic mass is 9.89. The number of halogens is 1. The molecule has 4 N–H and O–H groups in total. The highest BCUT2D eigenvalue weighted by molar-refractivity contribution is 6.31. The minimum atomic E-state index is 0.518. The minimum absolute atomic E-state index is 0.518. The molecule has 0 bridgehead atoms. The first-order valence-electron chi connectivity index (χ1n) is 10.6. The van der Waals surface area contributed by atoms with E-state index in [9.17, 15) is 0 Å². The van der Waals surface area contributed by atoms with Gasteiger partial charge in [-0.3, -0.25) is 0 Å². The van der Waals surface area contributed by atoms with E-state index < -0.39 is 0 Å². The van der Waals surface area contributed by atoms with Gasteiger partial charge in [0.15, 0.2) is 0 Å². The standard InChI is InChI=1S/C12H18ClN3.C10H20O/c1-8-6-12(11(14)7-10(8)13)16-9-2-4-15-5-3-9;1-3-8-11-10-6-4-9(2)5-7-10/h6-7,9,15-16H,2-5,14H2,1H3;9-10H,3-8H2,1-2H3. The smallest absolute Gasteiger partial charge is 0.0579 e. The lowest BCUT2D eigenvalue weighted by Gasteiger charge is -2.25. The largest absolute Gasteiger partial charge is 0.397 e. The second kappa shape index (κ2) is 11.8. The van der Waals surface area contributed by atoms with Crippen LogP contribution in [0.15, 0.2) is 12.1 Å². The van der Waals surface area contributed by atoms with Crippen LogP contribution in [0.2, 0.25) is 5.02 Å². The molecule has 3 rings (SSSR count). The van der Waals surface area contributed by atoms with Crippen molar-refractivity contribution in [2.75, 3.05) is 30.7 Å². The summed E-state index contributed by atoms with van der Waals surface area (Å²) in [6, 6.07) is 4.36. The van der Waals surface area contributed by atoms with Gasteiger partial charge in [0.2, 0.25) is 0 Å². The molecular weight excluding hydrogens is 358 g/mol. The van der Waals surface area contributed by atoms with E-state index >= 15 is 0 Å².